The number of benzene rings is 1. The molecule has 0 amide bonds. The van der Waals surface area contributed by atoms with E-state index in [1.165, 1.54) is 0 Å². The summed E-state index contributed by atoms with van der Waals surface area (Å²) in [7, 11) is 0. The molecule has 2 N–H and O–H groups in total. The fraction of sp³-hybridized carbons (Fsp3) is 0.333. The molecule has 1 spiro atoms. The molecule has 0 aliphatic carbocycles. The molecule has 1 aromatic carbocycles. The highest BCUT2D eigenvalue weighted by atomic mass is 16.7. The summed E-state index contributed by atoms with van der Waals surface area (Å²) >= 11 is 0. The maximum absolute atomic E-state index is 13.1. The number of carbonyl (C=O) groups excluding carboxylic acids is 1. The molecule has 0 saturated carbocycles. The number of aromatic nitrogens is 4. The summed E-state index contributed by atoms with van der Waals surface area (Å²) in [5.74, 6) is -0.418. The number of nitrogen functional groups attached to an aromatic ring is 1. The first kappa shape index (κ1) is 18.7. The van der Waals surface area contributed by atoms with Gasteiger partial charge >= 0.3 is 0 Å². The van der Waals surface area contributed by atoms with Crippen LogP contribution in [0.5, 0.6) is 0 Å². The lowest BCUT2D eigenvalue weighted by molar-refractivity contribution is -0.169. The second-order valence-corrected chi connectivity index (χ2v) is 7.37. The predicted octanol–water partition coefficient (Wildman–Crippen LogP) is 1.95. The Labute approximate surface area is 173 Å². The van der Waals surface area contributed by atoms with E-state index in [1.54, 1.807) is 24.4 Å². The number of carbonyl (C=O) groups is 1. The van der Waals surface area contributed by atoms with E-state index >= 15 is 0 Å². The SMILES string of the molecule is Nc1nc(-c2ccccn2)nn1C(=O)c1cccc(N2CCC3(CC2)OCCO3)c1. The Bertz CT molecular complexity index is 1050. The molecule has 0 radical (unpaired) electrons. The van der Waals surface area contributed by atoms with Crippen molar-refractivity contribution in [3.63, 3.8) is 0 Å². The minimum absolute atomic E-state index is 0.0292. The fourth-order valence-corrected chi connectivity index (χ4v) is 3.93. The van der Waals surface area contributed by atoms with Gasteiger partial charge in [0.15, 0.2) is 5.79 Å². The molecule has 0 atom stereocenters. The number of hydrogen-bond acceptors (Lipinski definition) is 8. The molecule has 0 bridgehead atoms. The Morgan fingerprint density at radius 1 is 1.07 bits per heavy atom. The molecule has 2 aromatic heterocycles. The molecule has 2 fully saturated rings. The van der Waals surface area contributed by atoms with Gasteiger partial charge in [0.1, 0.15) is 5.69 Å². The van der Waals surface area contributed by atoms with Crippen LogP contribution >= 0.6 is 0 Å². The zero-order valence-corrected chi connectivity index (χ0v) is 16.4. The average Bonchev–Trinajstić information content (AvgIpc) is 3.41. The smallest absolute Gasteiger partial charge is 0.281 e. The van der Waals surface area contributed by atoms with Gasteiger partial charge in [0.2, 0.25) is 11.8 Å². The largest absolute Gasteiger partial charge is 0.371 e. The highest BCUT2D eigenvalue weighted by molar-refractivity contribution is 5.97. The van der Waals surface area contributed by atoms with Gasteiger partial charge in [-0.05, 0) is 30.3 Å². The summed E-state index contributed by atoms with van der Waals surface area (Å²) in [6, 6.07) is 12.9. The monoisotopic (exact) mass is 406 g/mol. The van der Waals surface area contributed by atoms with Crippen molar-refractivity contribution in [2.75, 3.05) is 36.9 Å². The van der Waals surface area contributed by atoms with E-state index in [1.807, 2.05) is 24.3 Å². The predicted molar refractivity (Wildman–Crippen MR) is 110 cm³/mol. The first-order valence-electron chi connectivity index (χ1n) is 9.95. The zero-order chi connectivity index (χ0) is 20.6. The van der Waals surface area contributed by atoms with Gasteiger partial charge in [-0.3, -0.25) is 9.78 Å². The van der Waals surface area contributed by atoms with Crippen LogP contribution in [0.15, 0.2) is 48.7 Å². The van der Waals surface area contributed by atoms with Gasteiger partial charge in [-0.2, -0.15) is 9.67 Å². The van der Waals surface area contributed by atoms with Crippen LogP contribution in [0, 0.1) is 0 Å². The van der Waals surface area contributed by atoms with Crippen molar-refractivity contribution >= 4 is 17.5 Å². The topological polar surface area (TPSA) is 108 Å². The van der Waals surface area contributed by atoms with Crippen LogP contribution in [0.4, 0.5) is 11.6 Å². The van der Waals surface area contributed by atoms with E-state index in [0.29, 0.717) is 30.3 Å². The van der Waals surface area contributed by atoms with Crippen molar-refractivity contribution in [3.8, 4) is 11.5 Å². The number of anilines is 2. The third-order valence-electron chi connectivity index (χ3n) is 5.52. The van der Waals surface area contributed by atoms with Crippen molar-refractivity contribution in [1.29, 1.82) is 0 Å². The molecule has 3 aromatic rings. The summed E-state index contributed by atoms with van der Waals surface area (Å²) < 4.78 is 12.7. The Hall–Kier alpha value is -3.30. The number of hydrogen-bond donors (Lipinski definition) is 1. The molecule has 5 rings (SSSR count). The molecule has 2 aliphatic heterocycles. The van der Waals surface area contributed by atoms with Crippen LogP contribution in [0.25, 0.3) is 11.5 Å². The average molecular weight is 406 g/mol. The summed E-state index contributed by atoms with van der Waals surface area (Å²) in [6.07, 6.45) is 3.24. The molecule has 30 heavy (non-hydrogen) atoms. The number of nitrogens with zero attached hydrogens (tertiary/aromatic N) is 5. The van der Waals surface area contributed by atoms with Crippen molar-refractivity contribution in [2.45, 2.75) is 18.6 Å². The number of nitrogens with two attached hydrogens (primary N) is 1. The first-order valence-corrected chi connectivity index (χ1v) is 9.95. The van der Waals surface area contributed by atoms with E-state index in [-0.39, 0.29) is 11.9 Å². The van der Waals surface area contributed by atoms with E-state index < -0.39 is 5.79 Å². The number of piperidine rings is 1. The maximum atomic E-state index is 13.1. The molecule has 9 heteroatoms. The van der Waals surface area contributed by atoms with Gasteiger partial charge in [-0.1, -0.05) is 12.1 Å². The third-order valence-corrected chi connectivity index (χ3v) is 5.52. The van der Waals surface area contributed by atoms with Crippen molar-refractivity contribution < 1.29 is 14.3 Å². The summed E-state index contributed by atoms with van der Waals surface area (Å²) in [4.78, 5) is 23.7. The summed E-state index contributed by atoms with van der Waals surface area (Å²) in [6.45, 7) is 2.91. The van der Waals surface area contributed by atoms with Crippen molar-refractivity contribution in [2.24, 2.45) is 0 Å². The minimum atomic E-state index is -0.430. The Balaban J connectivity index is 1.36. The molecule has 2 saturated heterocycles. The zero-order valence-electron chi connectivity index (χ0n) is 16.4. The molecular weight excluding hydrogens is 384 g/mol. The van der Waals surface area contributed by atoms with E-state index in [4.69, 9.17) is 15.2 Å². The molecule has 9 nitrogen and oxygen atoms in total. The Kier molecular flexibility index (Phi) is 4.68. The maximum Gasteiger partial charge on any atom is 0.281 e. The molecule has 2 aliphatic rings. The highest BCUT2D eigenvalue weighted by Crippen LogP contribution is 2.33. The van der Waals surface area contributed by atoms with Gasteiger partial charge in [0.25, 0.3) is 5.91 Å². The van der Waals surface area contributed by atoms with E-state index in [9.17, 15) is 4.79 Å². The van der Waals surface area contributed by atoms with Crippen LogP contribution in [0.3, 0.4) is 0 Å². The van der Waals surface area contributed by atoms with Gasteiger partial charge in [0.05, 0.1) is 13.2 Å². The van der Waals surface area contributed by atoms with Gasteiger partial charge < -0.3 is 20.1 Å². The van der Waals surface area contributed by atoms with E-state index in [0.717, 1.165) is 36.3 Å². The third kappa shape index (κ3) is 3.42. The summed E-state index contributed by atoms with van der Waals surface area (Å²) in [5.41, 5.74) is 7.99. The Morgan fingerprint density at radius 3 is 2.60 bits per heavy atom. The Morgan fingerprint density at radius 2 is 1.87 bits per heavy atom. The van der Waals surface area contributed by atoms with Crippen molar-refractivity contribution in [1.82, 2.24) is 19.7 Å². The van der Waals surface area contributed by atoms with E-state index in [2.05, 4.69) is 20.0 Å². The summed E-state index contributed by atoms with van der Waals surface area (Å²) in [5, 5.41) is 4.27. The van der Waals surface area contributed by atoms with Gasteiger partial charge in [0, 0.05) is 43.4 Å². The number of ether oxygens (including phenoxy) is 2. The lowest BCUT2D eigenvalue weighted by atomic mass is 10.0. The molecule has 0 unspecified atom stereocenters. The quantitative estimate of drug-likeness (QED) is 0.703. The standard InChI is InChI=1S/C21H22N6O3/c22-20-24-18(17-6-1-2-9-23-17)25-27(20)19(28)15-4-3-5-16(14-15)26-10-7-21(8-11-26)29-12-13-30-21/h1-6,9,14H,7-8,10-13H2,(H2,22,24,25). The van der Waals surface area contributed by atoms with Crippen LogP contribution in [-0.4, -0.2) is 57.7 Å². The normalized spacial score (nSPS) is 18.1. The first-order chi connectivity index (χ1) is 14.6. The second kappa shape index (κ2) is 7.51. The lowest BCUT2D eigenvalue weighted by Gasteiger charge is -2.38. The lowest BCUT2D eigenvalue weighted by Crippen LogP contribution is -2.45. The minimum Gasteiger partial charge on any atom is -0.371 e. The van der Waals surface area contributed by atoms with Crippen molar-refractivity contribution in [3.05, 3.63) is 54.2 Å². The second-order valence-electron chi connectivity index (χ2n) is 7.37. The van der Waals surface area contributed by atoms with Gasteiger partial charge in [-0.15, -0.1) is 5.10 Å². The van der Waals surface area contributed by atoms with Crippen LogP contribution in [0.2, 0.25) is 0 Å². The highest BCUT2D eigenvalue weighted by Gasteiger charge is 2.39. The number of rotatable bonds is 3. The molecule has 4 heterocycles. The fourth-order valence-electron chi connectivity index (χ4n) is 3.93. The van der Waals surface area contributed by atoms with Crippen LogP contribution in [0.1, 0.15) is 23.2 Å². The molecular formula is C21H22N6O3. The van der Waals surface area contributed by atoms with Gasteiger partial charge in [-0.25, -0.2) is 0 Å². The number of pyridine rings is 1. The van der Waals surface area contributed by atoms with Crippen LogP contribution in [-0.2, 0) is 9.47 Å². The van der Waals surface area contributed by atoms with Crippen LogP contribution < -0.4 is 10.6 Å². The molecule has 154 valence electrons.